The number of esters is 1. The fourth-order valence-corrected chi connectivity index (χ4v) is 2.72. The van der Waals surface area contributed by atoms with E-state index in [9.17, 15) is 9.59 Å². The van der Waals surface area contributed by atoms with Gasteiger partial charge in [0.2, 0.25) is 0 Å². The predicted molar refractivity (Wildman–Crippen MR) is 88.4 cm³/mol. The number of nitrogens with one attached hydrogen (secondary N) is 2. The molecule has 1 aliphatic carbocycles. The summed E-state index contributed by atoms with van der Waals surface area (Å²) in [5.74, 6) is -0.0288. The van der Waals surface area contributed by atoms with Gasteiger partial charge in [0.1, 0.15) is 6.33 Å². The second-order valence-electron chi connectivity index (χ2n) is 5.61. The van der Waals surface area contributed by atoms with Crippen LogP contribution in [0.3, 0.4) is 0 Å². The highest BCUT2D eigenvalue weighted by molar-refractivity contribution is 7.98. The Hall–Kier alpha value is -2.35. The van der Waals surface area contributed by atoms with Crippen molar-refractivity contribution in [1.29, 1.82) is 0 Å². The summed E-state index contributed by atoms with van der Waals surface area (Å²) in [6.45, 7) is 1.58. The summed E-state index contributed by atoms with van der Waals surface area (Å²) in [5, 5.41) is 10.1. The van der Waals surface area contributed by atoms with E-state index in [2.05, 4.69) is 20.5 Å². The Morgan fingerprint density at radius 3 is 2.75 bits per heavy atom. The van der Waals surface area contributed by atoms with Crippen LogP contribution in [0.25, 0.3) is 0 Å². The van der Waals surface area contributed by atoms with E-state index in [1.807, 2.05) is 12.1 Å². The first-order chi connectivity index (χ1) is 11.6. The van der Waals surface area contributed by atoms with E-state index in [0.29, 0.717) is 11.3 Å². The molecule has 1 amide bonds. The highest BCUT2D eigenvalue weighted by Gasteiger charge is 2.27. The molecule has 2 aromatic rings. The predicted octanol–water partition coefficient (Wildman–Crippen LogP) is 1.92. The number of aromatic amines is 1. The molecular weight excluding hydrogens is 328 g/mol. The monoisotopic (exact) mass is 346 g/mol. The van der Waals surface area contributed by atoms with Gasteiger partial charge in [0.15, 0.2) is 11.3 Å². The molecule has 7 nitrogen and oxygen atoms in total. The van der Waals surface area contributed by atoms with Crippen LogP contribution in [0.5, 0.6) is 0 Å². The fourth-order valence-electron chi connectivity index (χ4n) is 1.98. The fraction of sp³-hybridized carbons (Fsp3) is 0.375. The Morgan fingerprint density at radius 1 is 1.38 bits per heavy atom. The Labute approximate surface area is 143 Å². The van der Waals surface area contributed by atoms with E-state index in [-0.39, 0.29) is 11.9 Å². The van der Waals surface area contributed by atoms with Crippen LogP contribution < -0.4 is 5.32 Å². The molecule has 1 heterocycles. The van der Waals surface area contributed by atoms with Crippen LogP contribution in [0, 0.1) is 0 Å². The topological polar surface area (TPSA) is 97.0 Å². The number of benzene rings is 1. The second-order valence-corrected chi connectivity index (χ2v) is 6.57. The number of carbonyl (C=O) groups is 2. The van der Waals surface area contributed by atoms with Crippen molar-refractivity contribution in [2.75, 3.05) is 0 Å². The van der Waals surface area contributed by atoms with E-state index >= 15 is 0 Å². The number of hydrogen-bond donors (Lipinski definition) is 2. The van der Waals surface area contributed by atoms with E-state index < -0.39 is 12.1 Å². The number of nitrogens with zero attached hydrogens (tertiary/aromatic N) is 2. The lowest BCUT2D eigenvalue weighted by Gasteiger charge is -2.13. The first-order valence-electron chi connectivity index (χ1n) is 7.70. The lowest BCUT2D eigenvalue weighted by molar-refractivity contribution is -0.129. The number of carbonyl (C=O) groups excluding carboxylic acids is 2. The largest absolute Gasteiger partial charge is 0.449 e. The third-order valence-electron chi connectivity index (χ3n) is 3.53. The first-order valence-corrected chi connectivity index (χ1v) is 8.69. The van der Waals surface area contributed by atoms with E-state index in [0.717, 1.165) is 23.6 Å². The zero-order valence-electron chi connectivity index (χ0n) is 13.2. The third kappa shape index (κ3) is 4.58. The van der Waals surface area contributed by atoms with Gasteiger partial charge in [-0.2, -0.15) is 5.10 Å². The normalized spacial score (nSPS) is 14.9. The van der Waals surface area contributed by atoms with Crippen LogP contribution in [0.4, 0.5) is 0 Å². The van der Waals surface area contributed by atoms with Gasteiger partial charge in [-0.25, -0.2) is 9.78 Å². The van der Waals surface area contributed by atoms with Gasteiger partial charge in [0.05, 0.1) is 5.56 Å². The van der Waals surface area contributed by atoms with Crippen LogP contribution in [0.2, 0.25) is 0 Å². The molecule has 1 atom stereocenters. The Bertz CT molecular complexity index is 699. The van der Waals surface area contributed by atoms with Crippen molar-refractivity contribution in [1.82, 2.24) is 20.5 Å². The molecule has 0 bridgehead atoms. The zero-order chi connectivity index (χ0) is 16.9. The molecule has 1 aromatic heterocycles. The molecule has 0 aliphatic heterocycles. The minimum absolute atomic E-state index is 0.245. The van der Waals surface area contributed by atoms with Crippen molar-refractivity contribution in [3.63, 3.8) is 0 Å². The first kappa shape index (κ1) is 16.5. The van der Waals surface area contributed by atoms with Crippen LogP contribution in [0.1, 0.15) is 35.7 Å². The van der Waals surface area contributed by atoms with Gasteiger partial charge in [-0.15, -0.1) is 0 Å². The number of rotatable bonds is 7. The van der Waals surface area contributed by atoms with Gasteiger partial charge >= 0.3 is 5.97 Å². The number of H-pyrrole nitrogens is 1. The SMILES string of the molecule is C[C@@H](OC(=O)c1ccc(CSc2ncn[nH]2)cc1)C(=O)NC1CC1. The average molecular weight is 346 g/mol. The molecule has 0 radical (unpaired) electrons. The molecule has 0 saturated heterocycles. The van der Waals surface area contributed by atoms with Crippen molar-refractivity contribution in [2.45, 2.75) is 42.8 Å². The lowest BCUT2D eigenvalue weighted by Crippen LogP contribution is -2.37. The molecule has 126 valence electrons. The number of hydrogen-bond acceptors (Lipinski definition) is 6. The van der Waals surface area contributed by atoms with Gasteiger partial charge in [-0.05, 0) is 37.5 Å². The molecule has 2 N–H and O–H groups in total. The minimum Gasteiger partial charge on any atom is -0.449 e. The van der Waals surface area contributed by atoms with Crippen molar-refractivity contribution >= 4 is 23.6 Å². The Morgan fingerprint density at radius 2 is 2.12 bits per heavy atom. The van der Waals surface area contributed by atoms with Gasteiger partial charge in [-0.1, -0.05) is 23.9 Å². The maximum absolute atomic E-state index is 12.1. The average Bonchev–Trinajstić information content (AvgIpc) is 3.24. The highest BCUT2D eigenvalue weighted by atomic mass is 32.2. The highest BCUT2D eigenvalue weighted by Crippen LogP contribution is 2.20. The molecule has 24 heavy (non-hydrogen) atoms. The van der Waals surface area contributed by atoms with E-state index in [4.69, 9.17) is 4.74 Å². The molecule has 1 aromatic carbocycles. The number of thioether (sulfide) groups is 1. The van der Waals surface area contributed by atoms with Gasteiger partial charge < -0.3 is 10.1 Å². The number of amides is 1. The lowest BCUT2D eigenvalue weighted by atomic mass is 10.1. The summed E-state index contributed by atoms with van der Waals surface area (Å²) >= 11 is 1.52. The van der Waals surface area contributed by atoms with Crippen LogP contribution >= 0.6 is 11.8 Å². The molecule has 8 heteroatoms. The minimum atomic E-state index is -0.792. The standard InChI is InChI=1S/C16H18N4O3S/c1-10(14(21)19-13-6-7-13)23-15(22)12-4-2-11(3-5-12)8-24-16-17-9-18-20-16/h2-5,9-10,13H,6-8H2,1H3,(H,19,21)(H,17,18,20)/t10-/m1/s1. The molecule has 0 unspecified atom stereocenters. The van der Waals surface area contributed by atoms with Gasteiger partial charge in [-0.3, -0.25) is 9.89 Å². The van der Waals surface area contributed by atoms with E-state index in [1.165, 1.54) is 18.1 Å². The molecular formula is C16H18N4O3S. The van der Waals surface area contributed by atoms with Crippen molar-refractivity contribution in [3.8, 4) is 0 Å². The summed E-state index contributed by atoms with van der Waals surface area (Å²) in [4.78, 5) is 27.9. The third-order valence-corrected chi connectivity index (χ3v) is 4.48. The van der Waals surface area contributed by atoms with Crippen LogP contribution in [-0.2, 0) is 15.3 Å². The maximum atomic E-state index is 12.1. The molecule has 0 spiro atoms. The van der Waals surface area contributed by atoms with Gasteiger partial charge in [0.25, 0.3) is 5.91 Å². The second kappa shape index (κ2) is 7.48. The van der Waals surface area contributed by atoms with Crippen LogP contribution in [-0.4, -0.2) is 39.2 Å². The summed E-state index contributed by atoms with van der Waals surface area (Å²) in [6.07, 6.45) is 2.67. The Balaban J connectivity index is 1.50. The van der Waals surface area contributed by atoms with Crippen molar-refractivity contribution < 1.29 is 14.3 Å². The molecule has 3 rings (SSSR count). The maximum Gasteiger partial charge on any atom is 0.338 e. The molecule has 1 fully saturated rings. The molecule has 1 saturated carbocycles. The van der Waals surface area contributed by atoms with Crippen molar-refractivity contribution in [2.24, 2.45) is 0 Å². The smallest absolute Gasteiger partial charge is 0.338 e. The summed E-state index contributed by atoms with van der Waals surface area (Å²) in [6, 6.07) is 7.36. The van der Waals surface area contributed by atoms with Crippen LogP contribution in [0.15, 0.2) is 35.7 Å². The quantitative estimate of drug-likeness (QED) is 0.587. The summed E-state index contributed by atoms with van der Waals surface area (Å²) in [7, 11) is 0. The molecule has 1 aliphatic rings. The summed E-state index contributed by atoms with van der Waals surface area (Å²) in [5.41, 5.74) is 1.47. The summed E-state index contributed by atoms with van der Waals surface area (Å²) < 4.78 is 5.21. The van der Waals surface area contributed by atoms with E-state index in [1.54, 1.807) is 19.1 Å². The number of aromatic nitrogens is 3. The zero-order valence-corrected chi connectivity index (χ0v) is 14.0. The number of ether oxygens (including phenoxy) is 1. The Kier molecular flexibility index (Phi) is 5.14. The van der Waals surface area contributed by atoms with Gasteiger partial charge in [0, 0.05) is 11.8 Å². The van der Waals surface area contributed by atoms with Crippen molar-refractivity contribution in [3.05, 3.63) is 41.7 Å².